The average molecular weight is 456 g/mol. The SMILES string of the molecule is Cc1cc(SCC(=O)Nc2cc(C(F)(F)F)ccc2Cl)nc(-c2ccc(F)cc2)n1. The maximum absolute atomic E-state index is 13.1. The maximum Gasteiger partial charge on any atom is 0.416 e. The van der Waals surface area contributed by atoms with Gasteiger partial charge in [-0.15, -0.1) is 0 Å². The van der Waals surface area contributed by atoms with E-state index in [2.05, 4.69) is 15.3 Å². The second kappa shape index (κ2) is 9.01. The molecule has 1 heterocycles. The van der Waals surface area contributed by atoms with Gasteiger partial charge in [0.05, 0.1) is 22.0 Å². The van der Waals surface area contributed by atoms with Crippen molar-refractivity contribution in [1.29, 1.82) is 0 Å². The summed E-state index contributed by atoms with van der Waals surface area (Å²) in [4.78, 5) is 20.9. The molecule has 0 unspecified atom stereocenters. The van der Waals surface area contributed by atoms with Gasteiger partial charge in [-0.1, -0.05) is 23.4 Å². The molecule has 4 nitrogen and oxygen atoms in total. The number of anilines is 1. The summed E-state index contributed by atoms with van der Waals surface area (Å²) in [6.45, 7) is 1.75. The minimum atomic E-state index is -4.55. The predicted molar refractivity (Wildman–Crippen MR) is 108 cm³/mol. The molecule has 0 aliphatic rings. The van der Waals surface area contributed by atoms with E-state index in [9.17, 15) is 22.4 Å². The van der Waals surface area contributed by atoms with E-state index in [1.54, 1.807) is 25.1 Å². The van der Waals surface area contributed by atoms with Crippen molar-refractivity contribution in [3.8, 4) is 11.4 Å². The summed E-state index contributed by atoms with van der Waals surface area (Å²) < 4.78 is 51.7. The van der Waals surface area contributed by atoms with Crippen molar-refractivity contribution in [3.63, 3.8) is 0 Å². The van der Waals surface area contributed by atoms with Crippen LogP contribution in [-0.2, 0) is 11.0 Å². The van der Waals surface area contributed by atoms with Crippen LogP contribution in [-0.4, -0.2) is 21.6 Å². The van der Waals surface area contributed by atoms with Crippen LogP contribution in [0.5, 0.6) is 0 Å². The molecule has 0 atom stereocenters. The number of nitrogens with zero attached hydrogens (tertiary/aromatic N) is 2. The lowest BCUT2D eigenvalue weighted by atomic mass is 10.2. The number of carbonyl (C=O) groups is 1. The number of hydrogen-bond acceptors (Lipinski definition) is 4. The van der Waals surface area contributed by atoms with Crippen LogP contribution in [0.1, 0.15) is 11.3 Å². The number of alkyl halides is 3. The summed E-state index contributed by atoms with van der Waals surface area (Å²) in [6.07, 6.45) is -4.55. The number of aromatic nitrogens is 2. The van der Waals surface area contributed by atoms with Gasteiger partial charge in [-0.3, -0.25) is 4.79 Å². The van der Waals surface area contributed by atoms with Gasteiger partial charge in [0.1, 0.15) is 10.8 Å². The Balaban J connectivity index is 1.70. The molecule has 0 saturated heterocycles. The molecule has 3 aromatic rings. The number of hydrogen-bond donors (Lipinski definition) is 1. The normalized spacial score (nSPS) is 11.4. The number of rotatable bonds is 5. The topological polar surface area (TPSA) is 54.9 Å². The zero-order valence-corrected chi connectivity index (χ0v) is 17.0. The molecular weight excluding hydrogens is 442 g/mol. The van der Waals surface area contributed by atoms with Crippen molar-refractivity contribution in [2.45, 2.75) is 18.1 Å². The van der Waals surface area contributed by atoms with Gasteiger partial charge in [0.25, 0.3) is 0 Å². The fourth-order valence-corrected chi connectivity index (χ4v) is 3.39. The van der Waals surface area contributed by atoms with E-state index in [0.717, 1.165) is 30.0 Å². The molecule has 3 rings (SSSR count). The number of aryl methyl sites for hydroxylation is 1. The first-order chi connectivity index (χ1) is 14.1. The van der Waals surface area contributed by atoms with E-state index in [0.29, 0.717) is 22.1 Å². The van der Waals surface area contributed by atoms with Crippen LogP contribution in [0.2, 0.25) is 5.02 Å². The highest BCUT2D eigenvalue weighted by Gasteiger charge is 2.31. The van der Waals surface area contributed by atoms with E-state index >= 15 is 0 Å². The number of benzene rings is 2. The van der Waals surface area contributed by atoms with E-state index in [1.165, 1.54) is 12.1 Å². The first kappa shape index (κ1) is 22.0. The minimum absolute atomic E-state index is 0.00201. The van der Waals surface area contributed by atoms with Crippen molar-refractivity contribution in [3.05, 3.63) is 70.6 Å². The third-order valence-electron chi connectivity index (χ3n) is 3.85. The van der Waals surface area contributed by atoms with Crippen LogP contribution in [0.25, 0.3) is 11.4 Å². The third kappa shape index (κ3) is 5.70. The van der Waals surface area contributed by atoms with Crippen LogP contribution in [0.15, 0.2) is 53.6 Å². The van der Waals surface area contributed by atoms with Crippen molar-refractivity contribution in [2.75, 3.05) is 11.1 Å². The molecule has 0 aliphatic heterocycles. The number of carbonyl (C=O) groups excluding carboxylic acids is 1. The molecule has 10 heteroatoms. The largest absolute Gasteiger partial charge is 0.416 e. The Morgan fingerprint density at radius 1 is 1.10 bits per heavy atom. The van der Waals surface area contributed by atoms with Crippen molar-refractivity contribution in [1.82, 2.24) is 9.97 Å². The molecule has 0 radical (unpaired) electrons. The van der Waals surface area contributed by atoms with Gasteiger partial charge in [-0.2, -0.15) is 13.2 Å². The first-order valence-corrected chi connectivity index (χ1v) is 9.89. The van der Waals surface area contributed by atoms with Crippen molar-refractivity contribution >= 4 is 35.0 Å². The van der Waals surface area contributed by atoms with Crippen LogP contribution in [0.3, 0.4) is 0 Å². The molecule has 0 bridgehead atoms. The Hall–Kier alpha value is -2.65. The molecule has 2 aromatic carbocycles. The van der Waals surface area contributed by atoms with E-state index < -0.39 is 17.6 Å². The molecule has 1 amide bonds. The maximum atomic E-state index is 13.1. The number of nitrogens with one attached hydrogen (secondary N) is 1. The third-order valence-corrected chi connectivity index (χ3v) is 5.09. The summed E-state index contributed by atoms with van der Waals surface area (Å²) in [6, 6.07) is 10.0. The van der Waals surface area contributed by atoms with Gasteiger partial charge in [0, 0.05) is 11.3 Å². The fourth-order valence-electron chi connectivity index (χ4n) is 2.46. The highest BCUT2D eigenvalue weighted by molar-refractivity contribution is 7.99. The molecule has 1 aromatic heterocycles. The molecule has 156 valence electrons. The van der Waals surface area contributed by atoms with E-state index in [-0.39, 0.29) is 22.3 Å². The zero-order chi connectivity index (χ0) is 21.9. The van der Waals surface area contributed by atoms with E-state index in [4.69, 9.17) is 11.6 Å². The standard InChI is InChI=1S/C20H14ClF4N3OS/c1-11-8-18(28-19(26-11)12-2-5-14(22)6-3-12)30-10-17(29)27-16-9-13(20(23,24)25)4-7-15(16)21/h2-9H,10H2,1H3,(H,27,29). The Labute approximate surface area is 178 Å². The van der Waals surface area contributed by atoms with Gasteiger partial charge < -0.3 is 5.32 Å². The number of thioether (sulfide) groups is 1. The molecule has 0 fully saturated rings. The van der Waals surface area contributed by atoms with Crippen LogP contribution >= 0.6 is 23.4 Å². The summed E-state index contributed by atoms with van der Waals surface area (Å²) in [7, 11) is 0. The minimum Gasteiger partial charge on any atom is -0.324 e. The summed E-state index contributed by atoms with van der Waals surface area (Å²) >= 11 is 6.98. The lowest BCUT2D eigenvalue weighted by molar-refractivity contribution is -0.137. The lowest BCUT2D eigenvalue weighted by Crippen LogP contribution is -2.15. The average Bonchev–Trinajstić information content (AvgIpc) is 2.67. The number of amides is 1. The van der Waals surface area contributed by atoms with Crippen LogP contribution < -0.4 is 5.32 Å². The highest BCUT2D eigenvalue weighted by Crippen LogP contribution is 2.34. The van der Waals surface area contributed by atoms with Gasteiger partial charge in [0.2, 0.25) is 5.91 Å². The molecule has 30 heavy (non-hydrogen) atoms. The fraction of sp³-hybridized carbons (Fsp3) is 0.150. The Morgan fingerprint density at radius 2 is 1.80 bits per heavy atom. The summed E-state index contributed by atoms with van der Waals surface area (Å²) in [5.74, 6) is -0.656. The first-order valence-electron chi connectivity index (χ1n) is 8.53. The van der Waals surface area contributed by atoms with Gasteiger partial charge >= 0.3 is 6.18 Å². The van der Waals surface area contributed by atoms with Crippen molar-refractivity contribution in [2.24, 2.45) is 0 Å². The summed E-state index contributed by atoms with van der Waals surface area (Å²) in [5, 5.41) is 2.87. The monoisotopic (exact) mass is 455 g/mol. The smallest absolute Gasteiger partial charge is 0.324 e. The number of halogens is 5. The lowest BCUT2D eigenvalue weighted by Gasteiger charge is -2.11. The second-order valence-electron chi connectivity index (χ2n) is 6.21. The Kier molecular flexibility index (Phi) is 6.62. The van der Waals surface area contributed by atoms with E-state index in [1.807, 2.05) is 0 Å². The quantitative estimate of drug-likeness (QED) is 0.291. The molecular formula is C20H14ClF4N3OS. The molecule has 0 spiro atoms. The zero-order valence-electron chi connectivity index (χ0n) is 15.4. The van der Waals surface area contributed by atoms with Crippen LogP contribution in [0.4, 0.5) is 23.2 Å². The Morgan fingerprint density at radius 3 is 2.47 bits per heavy atom. The summed E-state index contributed by atoms with van der Waals surface area (Å²) in [5.41, 5.74) is 0.225. The molecule has 0 aliphatic carbocycles. The molecule has 0 saturated carbocycles. The highest BCUT2D eigenvalue weighted by atomic mass is 35.5. The van der Waals surface area contributed by atoms with Crippen LogP contribution in [0, 0.1) is 12.7 Å². The Bertz CT molecular complexity index is 1070. The van der Waals surface area contributed by atoms with Gasteiger partial charge in [0.15, 0.2) is 5.82 Å². The predicted octanol–water partition coefficient (Wildman–Crippen LogP) is 5.99. The van der Waals surface area contributed by atoms with Gasteiger partial charge in [-0.25, -0.2) is 14.4 Å². The second-order valence-corrected chi connectivity index (χ2v) is 7.61. The van der Waals surface area contributed by atoms with Crippen molar-refractivity contribution < 1.29 is 22.4 Å². The van der Waals surface area contributed by atoms with Gasteiger partial charge in [-0.05, 0) is 55.5 Å². The molecule has 1 N–H and O–H groups in total.